The van der Waals surface area contributed by atoms with E-state index in [1.165, 1.54) is 12.8 Å². The molecule has 110 valence electrons. The second kappa shape index (κ2) is 6.15. The molecule has 0 spiro atoms. The Labute approximate surface area is 126 Å². The molecule has 1 amide bonds. The summed E-state index contributed by atoms with van der Waals surface area (Å²) < 4.78 is 0. The number of carbonyl (C=O) groups is 1. The van der Waals surface area contributed by atoms with Crippen LogP contribution in [0.5, 0.6) is 0 Å². The second-order valence-electron chi connectivity index (χ2n) is 6.25. The van der Waals surface area contributed by atoms with E-state index in [-0.39, 0.29) is 11.3 Å². The predicted molar refractivity (Wildman–Crippen MR) is 83.3 cm³/mol. The van der Waals surface area contributed by atoms with Crippen molar-refractivity contribution < 1.29 is 4.79 Å². The molecule has 1 aliphatic rings. The number of nitrogens with one attached hydrogen (secondary N) is 2. The zero-order valence-corrected chi connectivity index (χ0v) is 13.2. The number of aryl methyl sites for hydroxylation is 1. The van der Waals surface area contributed by atoms with Crippen LogP contribution in [0.25, 0.3) is 0 Å². The molecule has 1 heterocycles. The van der Waals surface area contributed by atoms with Gasteiger partial charge >= 0.3 is 0 Å². The summed E-state index contributed by atoms with van der Waals surface area (Å²) in [6.45, 7) is 8.06. The van der Waals surface area contributed by atoms with E-state index in [1.807, 2.05) is 19.1 Å². The second-order valence-corrected chi connectivity index (χ2v) is 6.62. The summed E-state index contributed by atoms with van der Waals surface area (Å²) in [4.78, 5) is 12.2. The molecular formula is C16H23ClN2O. The van der Waals surface area contributed by atoms with Crippen molar-refractivity contribution in [3.8, 4) is 0 Å². The van der Waals surface area contributed by atoms with Crippen LogP contribution in [0.15, 0.2) is 18.2 Å². The highest BCUT2D eigenvalue weighted by molar-refractivity contribution is 6.34. The van der Waals surface area contributed by atoms with E-state index in [0.717, 1.165) is 12.1 Å². The lowest BCUT2D eigenvalue weighted by molar-refractivity contribution is 0.0929. The minimum atomic E-state index is -0.0955. The fraction of sp³-hybridized carbons (Fsp3) is 0.562. The fourth-order valence-electron chi connectivity index (χ4n) is 2.73. The first-order valence-corrected chi connectivity index (χ1v) is 7.56. The lowest BCUT2D eigenvalue weighted by Gasteiger charge is -2.39. The molecule has 1 atom stereocenters. The molecular weight excluding hydrogens is 272 g/mol. The average molecular weight is 295 g/mol. The molecule has 1 fully saturated rings. The van der Waals surface area contributed by atoms with Gasteiger partial charge in [0, 0.05) is 12.6 Å². The van der Waals surface area contributed by atoms with Gasteiger partial charge in [-0.1, -0.05) is 37.6 Å². The molecule has 0 aliphatic carbocycles. The third-order valence-corrected chi connectivity index (χ3v) is 4.74. The molecule has 2 N–H and O–H groups in total. The lowest BCUT2D eigenvalue weighted by atomic mass is 9.77. The third-order valence-electron chi connectivity index (χ3n) is 4.24. The van der Waals surface area contributed by atoms with Crippen molar-refractivity contribution in [2.45, 2.75) is 39.7 Å². The molecule has 4 heteroatoms. The van der Waals surface area contributed by atoms with Crippen LogP contribution in [-0.4, -0.2) is 25.0 Å². The van der Waals surface area contributed by atoms with Gasteiger partial charge in [-0.2, -0.15) is 0 Å². The van der Waals surface area contributed by atoms with Crippen molar-refractivity contribution in [3.05, 3.63) is 34.3 Å². The smallest absolute Gasteiger partial charge is 0.252 e. The van der Waals surface area contributed by atoms with Crippen LogP contribution < -0.4 is 10.6 Å². The third kappa shape index (κ3) is 3.33. The number of hydrogen-bond donors (Lipinski definition) is 2. The molecule has 1 aliphatic heterocycles. The number of halogens is 1. The van der Waals surface area contributed by atoms with Crippen LogP contribution in [0, 0.1) is 12.3 Å². The molecule has 1 aromatic carbocycles. The monoisotopic (exact) mass is 294 g/mol. The number of amides is 1. The van der Waals surface area contributed by atoms with Crippen molar-refractivity contribution in [3.63, 3.8) is 0 Å². The van der Waals surface area contributed by atoms with E-state index in [9.17, 15) is 4.79 Å². The Bertz CT molecular complexity index is 499. The van der Waals surface area contributed by atoms with Crippen LogP contribution >= 0.6 is 11.6 Å². The van der Waals surface area contributed by atoms with Crippen LogP contribution in [0.1, 0.15) is 42.6 Å². The topological polar surface area (TPSA) is 41.1 Å². The quantitative estimate of drug-likeness (QED) is 0.899. The first-order valence-electron chi connectivity index (χ1n) is 7.18. The van der Waals surface area contributed by atoms with Crippen molar-refractivity contribution in [1.29, 1.82) is 0 Å². The van der Waals surface area contributed by atoms with Crippen LogP contribution in [0.2, 0.25) is 5.02 Å². The summed E-state index contributed by atoms with van der Waals surface area (Å²) in [5.74, 6) is -0.0955. The summed E-state index contributed by atoms with van der Waals surface area (Å²) in [5, 5.41) is 7.04. The Morgan fingerprint density at radius 3 is 2.95 bits per heavy atom. The van der Waals surface area contributed by atoms with Gasteiger partial charge in [-0.3, -0.25) is 4.79 Å². The molecule has 1 saturated heterocycles. The van der Waals surface area contributed by atoms with Crippen LogP contribution in [0.4, 0.5) is 0 Å². The fourth-order valence-corrected chi connectivity index (χ4v) is 2.94. The highest BCUT2D eigenvalue weighted by Crippen LogP contribution is 2.29. The first kappa shape index (κ1) is 15.3. The zero-order valence-electron chi connectivity index (χ0n) is 12.4. The van der Waals surface area contributed by atoms with Crippen molar-refractivity contribution in [2.24, 2.45) is 5.41 Å². The van der Waals surface area contributed by atoms with Gasteiger partial charge in [0.25, 0.3) is 5.91 Å². The van der Waals surface area contributed by atoms with E-state index in [0.29, 0.717) is 23.2 Å². The SMILES string of the molecule is Cc1cccc(C(=O)NCC2NCCCC2(C)C)c1Cl. The minimum Gasteiger partial charge on any atom is -0.350 e. The van der Waals surface area contributed by atoms with Gasteiger partial charge < -0.3 is 10.6 Å². The van der Waals surface area contributed by atoms with Gasteiger partial charge in [-0.25, -0.2) is 0 Å². The van der Waals surface area contributed by atoms with E-state index in [2.05, 4.69) is 24.5 Å². The molecule has 1 aromatic rings. The highest BCUT2D eigenvalue weighted by atomic mass is 35.5. The molecule has 0 bridgehead atoms. The Kier molecular flexibility index (Phi) is 4.71. The van der Waals surface area contributed by atoms with E-state index in [1.54, 1.807) is 6.07 Å². The predicted octanol–water partition coefficient (Wildman–Crippen LogP) is 3.16. The Morgan fingerprint density at radius 1 is 1.50 bits per heavy atom. The Hall–Kier alpha value is -1.06. The maximum absolute atomic E-state index is 12.2. The van der Waals surface area contributed by atoms with Crippen LogP contribution in [-0.2, 0) is 0 Å². The summed E-state index contributed by atoms with van der Waals surface area (Å²) in [6, 6.07) is 5.84. The van der Waals surface area contributed by atoms with Gasteiger partial charge in [0.1, 0.15) is 0 Å². The lowest BCUT2D eigenvalue weighted by Crippen LogP contribution is -2.52. The number of benzene rings is 1. The minimum absolute atomic E-state index is 0.0955. The zero-order chi connectivity index (χ0) is 14.8. The molecule has 1 unspecified atom stereocenters. The number of hydrogen-bond acceptors (Lipinski definition) is 2. The summed E-state index contributed by atoms with van der Waals surface area (Å²) in [5.41, 5.74) is 1.69. The Morgan fingerprint density at radius 2 is 2.25 bits per heavy atom. The van der Waals surface area contributed by atoms with Gasteiger partial charge in [0.05, 0.1) is 10.6 Å². The van der Waals surface area contributed by atoms with Crippen LogP contribution in [0.3, 0.4) is 0 Å². The maximum atomic E-state index is 12.2. The van der Waals surface area contributed by atoms with E-state index in [4.69, 9.17) is 11.6 Å². The van der Waals surface area contributed by atoms with Gasteiger partial charge in [-0.15, -0.1) is 0 Å². The van der Waals surface area contributed by atoms with Gasteiger partial charge in [0.15, 0.2) is 0 Å². The van der Waals surface area contributed by atoms with Crippen molar-refractivity contribution in [2.75, 3.05) is 13.1 Å². The molecule has 20 heavy (non-hydrogen) atoms. The largest absolute Gasteiger partial charge is 0.350 e. The van der Waals surface area contributed by atoms with Crippen molar-refractivity contribution >= 4 is 17.5 Å². The molecule has 0 aromatic heterocycles. The summed E-state index contributed by atoms with van der Waals surface area (Å²) in [6.07, 6.45) is 2.38. The summed E-state index contributed by atoms with van der Waals surface area (Å²) >= 11 is 6.19. The first-order chi connectivity index (χ1) is 9.42. The van der Waals surface area contributed by atoms with Gasteiger partial charge in [0.2, 0.25) is 0 Å². The molecule has 0 saturated carbocycles. The molecule has 2 rings (SSSR count). The number of piperidine rings is 1. The molecule has 3 nitrogen and oxygen atoms in total. The van der Waals surface area contributed by atoms with Crippen molar-refractivity contribution in [1.82, 2.24) is 10.6 Å². The highest BCUT2D eigenvalue weighted by Gasteiger charge is 2.32. The Balaban J connectivity index is 2.00. The number of rotatable bonds is 3. The van der Waals surface area contributed by atoms with Gasteiger partial charge in [-0.05, 0) is 43.4 Å². The van der Waals surface area contributed by atoms with E-state index >= 15 is 0 Å². The maximum Gasteiger partial charge on any atom is 0.252 e. The number of carbonyl (C=O) groups excluding carboxylic acids is 1. The summed E-state index contributed by atoms with van der Waals surface area (Å²) in [7, 11) is 0. The normalized spacial score (nSPS) is 21.5. The standard InChI is InChI=1S/C16H23ClN2O/c1-11-6-4-7-12(14(11)17)15(20)19-10-13-16(2,3)8-5-9-18-13/h4,6-7,13,18H,5,8-10H2,1-3H3,(H,19,20). The molecule has 0 radical (unpaired) electrons. The average Bonchev–Trinajstić information content (AvgIpc) is 2.40. The van der Waals surface area contributed by atoms with E-state index < -0.39 is 0 Å².